The van der Waals surface area contributed by atoms with Gasteiger partial charge >= 0.3 is 23.9 Å². The van der Waals surface area contributed by atoms with Crippen molar-refractivity contribution in [1.82, 2.24) is 0 Å². The Kier molecular flexibility index (Phi) is 3.41. The molecule has 5 fully saturated rings. The van der Waals surface area contributed by atoms with Gasteiger partial charge < -0.3 is 14.6 Å². The maximum Gasteiger partial charge on any atom is 0.449 e. The second kappa shape index (κ2) is 5.02. The molecule has 5 aliphatic rings. The van der Waals surface area contributed by atoms with Crippen LogP contribution in [0.25, 0.3) is 0 Å². The summed E-state index contributed by atoms with van der Waals surface area (Å²) in [6.45, 7) is 5.07. The zero-order valence-electron chi connectivity index (χ0n) is 15.7. The smallest absolute Gasteiger partial charge is 0.449 e. The van der Waals surface area contributed by atoms with Crippen LogP contribution in [-0.4, -0.2) is 40.7 Å². The highest BCUT2D eigenvalue weighted by molar-refractivity contribution is 5.67. The zero-order chi connectivity index (χ0) is 20.6. The maximum absolute atomic E-state index is 15.4. The number of halogens is 5. The summed E-state index contributed by atoms with van der Waals surface area (Å²) >= 11 is 0. The predicted molar refractivity (Wildman–Crippen MR) is 83.8 cm³/mol. The van der Waals surface area contributed by atoms with Crippen LogP contribution in [0.2, 0.25) is 0 Å². The summed E-state index contributed by atoms with van der Waals surface area (Å²) in [6.07, 6.45) is -6.28. The minimum absolute atomic E-state index is 0.0266. The van der Waals surface area contributed by atoms with Crippen LogP contribution >= 0.6 is 0 Å². The summed E-state index contributed by atoms with van der Waals surface area (Å²) in [5.74, 6) is -11.4. The fraction of sp³-hybridized carbons (Fsp3) is 0.947. The summed E-state index contributed by atoms with van der Waals surface area (Å²) in [6, 6.07) is 0. The monoisotopic (exact) mass is 410 g/mol. The van der Waals surface area contributed by atoms with Gasteiger partial charge in [0.05, 0.1) is 0 Å². The van der Waals surface area contributed by atoms with Gasteiger partial charge in [0.2, 0.25) is 5.60 Å². The third-order valence-electron chi connectivity index (χ3n) is 8.92. The second-order valence-corrected chi connectivity index (χ2v) is 9.58. The van der Waals surface area contributed by atoms with Crippen molar-refractivity contribution in [2.45, 2.75) is 63.2 Å². The molecule has 28 heavy (non-hydrogen) atoms. The van der Waals surface area contributed by atoms with Crippen molar-refractivity contribution in [3.05, 3.63) is 0 Å². The Morgan fingerprint density at radius 3 is 2.18 bits per heavy atom. The first kappa shape index (κ1) is 19.0. The van der Waals surface area contributed by atoms with E-state index in [4.69, 9.17) is 9.47 Å². The summed E-state index contributed by atoms with van der Waals surface area (Å²) < 4.78 is 81.2. The number of carbonyl (C=O) groups is 1. The molecule has 11 atom stereocenters. The van der Waals surface area contributed by atoms with Gasteiger partial charge in [-0.25, -0.2) is 0 Å². The van der Waals surface area contributed by atoms with Crippen LogP contribution in [0.15, 0.2) is 0 Å². The molecule has 1 saturated heterocycles. The summed E-state index contributed by atoms with van der Waals surface area (Å²) in [7, 11) is 0. The number of aliphatic hydroxyl groups is 1. The van der Waals surface area contributed by atoms with Gasteiger partial charge in [-0.3, -0.25) is 4.79 Å². The van der Waals surface area contributed by atoms with Gasteiger partial charge in [0.15, 0.2) is 0 Å². The van der Waals surface area contributed by atoms with Crippen molar-refractivity contribution in [3.8, 4) is 0 Å². The molecule has 158 valence electrons. The van der Waals surface area contributed by atoms with E-state index in [0.29, 0.717) is 5.92 Å². The van der Waals surface area contributed by atoms with E-state index in [9.17, 15) is 23.1 Å². The van der Waals surface area contributed by atoms with Gasteiger partial charge in [-0.05, 0) is 54.3 Å². The molecular weight excluding hydrogens is 387 g/mol. The van der Waals surface area contributed by atoms with Crippen LogP contribution in [0, 0.1) is 47.3 Å². The van der Waals surface area contributed by atoms with E-state index >= 15 is 8.78 Å². The molecule has 0 aromatic rings. The van der Waals surface area contributed by atoms with Crippen LogP contribution in [0.4, 0.5) is 22.0 Å². The molecule has 1 N–H and O–H groups in total. The SMILES string of the molecule is CC(=O)OC12C3CC(C4C5CC(C(C)C5C)C43)C1OC(O)(C(F)(F)F)C2(F)F. The minimum atomic E-state index is -5.72. The van der Waals surface area contributed by atoms with Gasteiger partial charge in [0.25, 0.3) is 0 Å². The fourth-order valence-electron chi connectivity index (χ4n) is 7.99. The Bertz CT molecular complexity index is 740. The maximum atomic E-state index is 15.4. The van der Waals surface area contributed by atoms with E-state index in [0.717, 1.165) is 13.3 Å². The summed E-state index contributed by atoms with van der Waals surface area (Å²) in [4.78, 5) is 11.8. The topological polar surface area (TPSA) is 55.8 Å². The van der Waals surface area contributed by atoms with Crippen molar-refractivity contribution in [3.63, 3.8) is 0 Å². The van der Waals surface area contributed by atoms with Gasteiger partial charge in [0.1, 0.15) is 6.10 Å². The van der Waals surface area contributed by atoms with Crippen molar-refractivity contribution < 1.29 is 41.3 Å². The first-order valence-corrected chi connectivity index (χ1v) is 9.84. The second-order valence-electron chi connectivity index (χ2n) is 9.58. The average Bonchev–Trinajstić information content (AvgIpc) is 3.28. The minimum Gasteiger partial charge on any atom is -0.449 e. The molecule has 4 bridgehead atoms. The Morgan fingerprint density at radius 2 is 1.64 bits per heavy atom. The number of carbonyl (C=O) groups excluding carboxylic acids is 1. The molecular formula is C19H23F5O4. The molecule has 0 aromatic heterocycles. The van der Waals surface area contributed by atoms with E-state index in [1.807, 2.05) is 0 Å². The number of fused-ring (bicyclic) bond motifs is 12. The molecule has 1 aliphatic heterocycles. The van der Waals surface area contributed by atoms with E-state index in [1.165, 1.54) is 0 Å². The van der Waals surface area contributed by atoms with Crippen molar-refractivity contribution in [2.75, 3.05) is 0 Å². The summed E-state index contributed by atoms with van der Waals surface area (Å²) in [5.41, 5.74) is -2.78. The Labute approximate surface area is 158 Å². The molecule has 9 heteroatoms. The highest BCUT2D eigenvalue weighted by atomic mass is 19.4. The fourth-order valence-corrected chi connectivity index (χ4v) is 7.99. The quantitative estimate of drug-likeness (QED) is 0.409. The van der Waals surface area contributed by atoms with Crippen molar-refractivity contribution >= 4 is 5.97 Å². The first-order valence-electron chi connectivity index (χ1n) is 9.84. The molecule has 4 saturated carbocycles. The number of ether oxygens (including phenoxy) is 2. The van der Waals surface area contributed by atoms with E-state index in [2.05, 4.69) is 13.8 Å². The lowest BCUT2D eigenvalue weighted by molar-refractivity contribution is -0.415. The molecule has 0 spiro atoms. The van der Waals surface area contributed by atoms with Gasteiger partial charge in [-0.15, -0.1) is 0 Å². The molecule has 0 aromatic carbocycles. The van der Waals surface area contributed by atoms with Gasteiger partial charge in [0, 0.05) is 12.8 Å². The predicted octanol–water partition coefficient (Wildman–Crippen LogP) is 3.38. The standard InChI is InChI=1S/C19H23F5O4/c1-6-7(2)10-4-9(6)13-11-5-12(14(10)13)16(27-8(3)25)15(11)28-18(26,17(16,20)21)19(22,23)24/h6-7,9-15,26H,4-5H2,1-3H3. The molecule has 0 radical (unpaired) electrons. The number of hydrogen-bond donors (Lipinski definition) is 1. The van der Waals surface area contributed by atoms with Crippen molar-refractivity contribution in [2.24, 2.45) is 47.3 Å². The normalized spacial score (nSPS) is 58.1. The number of hydrogen-bond acceptors (Lipinski definition) is 4. The third-order valence-corrected chi connectivity index (χ3v) is 8.92. The molecule has 11 unspecified atom stereocenters. The highest BCUT2D eigenvalue weighted by Gasteiger charge is 2.93. The van der Waals surface area contributed by atoms with Crippen LogP contribution in [0.5, 0.6) is 0 Å². The Hall–Kier alpha value is -0.960. The Balaban J connectivity index is 1.66. The number of esters is 1. The van der Waals surface area contributed by atoms with E-state index in [1.54, 1.807) is 0 Å². The van der Waals surface area contributed by atoms with Crippen LogP contribution in [0.3, 0.4) is 0 Å². The van der Waals surface area contributed by atoms with Gasteiger partial charge in [-0.1, -0.05) is 13.8 Å². The lowest BCUT2D eigenvalue weighted by atomic mass is 9.59. The lowest BCUT2D eigenvalue weighted by Crippen LogP contribution is -2.68. The molecule has 4 nitrogen and oxygen atoms in total. The zero-order valence-corrected chi connectivity index (χ0v) is 15.7. The van der Waals surface area contributed by atoms with Crippen molar-refractivity contribution in [1.29, 1.82) is 0 Å². The lowest BCUT2D eigenvalue weighted by Gasteiger charge is -2.50. The Morgan fingerprint density at radius 1 is 1.07 bits per heavy atom. The van der Waals surface area contributed by atoms with Crippen LogP contribution < -0.4 is 0 Å². The molecule has 4 aliphatic carbocycles. The summed E-state index contributed by atoms with van der Waals surface area (Å²) in [5, 5.41) is 10.0. The van der Waals surface area contributed by atoms with E-state index in [-0.39, 0.29) is 36.0 Å². The highest BCUT2D eigenvalue weighted by Crippen LogP contribution is 2.78. The largest absolute Gasteiger partial charge is 0.449 e. The third kappa shape index (κ3) is 1.71. The van der Waals surface area contributed by atoms with Gasteiger partial charge in [-0.2, -0.15) is 22.0 Å². The molecule has 5 rings (SSSR count). The van der Waals surface area contributed by atoms with E-state index < -0.39 is 47.4 Å². The van der Waals surface area contributed by atoms with Crippen LogP contribution in [0.1, 0.15) is 33.6 Å². The first-order chi connectivity index (χ1) is 12.8. The molecule has 1 heterocycles. The van der Waals surface area contributed by atoms with Crippen LogP contribution in [-0.2, 0) is 14.3 Å². The number of rotatable bonds is 1. The number of alkyl halides is 5. The molecule has 0 amide bonds. The average molecular weight is 410 g/mol.